The topological polar surface area (TPSA) is 50.8 Å². The van der Waals surface area contributed by atoms with Crippen LogP contribution in [-0.2, 0) is 9.47 Å². The Morgan fingerprint density at radius 2 is 1.87 bits per heavy atom. The fourth-order valence-electron chi connectivity index (χ4n) is 3.42. The number of carbonyl (C=O) groups is 1. The highest BCUT2D eigenvalue weighted by molar-refractivity contribution is 5.94. The molecule has 5 nitrogen and oxygen atoms in total. The first kappa shape index (κ1) is 16.3. The number of ether oxygens (including phenoxy) is 2. The molecule has 126 valence electrons. The third-order valence-corrected chi connectivity index (χ3v) is 4.88. The average Bonchev–Trinajstić information content (AvgIpc) is 2.55. The van der Waals surface area contributed by atoms with E-state index in [2.05, 4.69) is 5.32 Å². The van der Waals surface area contributed by atoms with Gasteiger partial charge in [-0.05, 0) is 49.9 Å². The smallest absolute Gasteiger partial charge is 0.251 e. The SMILES string of the molecule is CN(C)c1ccc(C(=O)N[C@@H]2CCOC3(CCOCC3)C2)cc1. The van der Waals surface area contributed by atoms with Crippen LogP contribution in [-0.4, -0.2) is 51.5 Å². The number of benzene rings is 1. The number of hydrogen-bond donors (Lipinski definition) is 1. The van der Waals surface area contributed by atoms with Gasteiger partial charge in [0.05, 0.1) is 5.60 Å². The Balaban J connectivity index is 1.60. The van der Waals surface area contributed by atoms with Crippen molar-refractivity contribution < 1.29 is 14.3 Å². The van der Waals surface area contributed by atoms with Crippen molar-refractivity contribution in [2.75, 3.05) is 38.8 Å². The highest BCUT2D eigenvalue weighted by atomic mass is 16.5. The van der Waals surface area contributed by atoms with Gasteiger partial charge in [0.2, 0.25) is 0 Å². The van der Waals surface area contributed by atoms with Gasteiger partial charge in [-0.2, -0.15) is 0 Å². The lowest BCUT2D eigenvalue weighted by molar-refractivity contribution is -0.139. The van der Waals surface area contributed by atoms with Crippen LogP contribution in [0.25, 0.3) is 0 Å². The molecule has 2 fully saturated rings. The summed E-state index contributed by atoms with van der Waals surface area (Å²) in [5, 5.41) is 3.18. The van der Waals surface area contributed by atoms with Crippen LogP contribution in [0.4, 0.5) is 5.69 Å². The van der Waals surface area contributed by atoms with Crippen molar-refractivity contribution in [1.29, 1.82) is 0 Å². The maximum Gasteiger partial charge on any atom is 0.251 e. The number of anilines is 1. The molecular weight excluding hydrogens is 292 g/mol. The van der Waals surface area contributed by atoms with E-state index >= 15 is 0 Å². The molecular formula is C18H26N2O3. The predicted octanol–water partition coefficient (Wildman–Crippen LogP) is 2.21. The summed E-state index contributed by atoms with van der Waals surface area (Å²) in [7, 11) is 3.98. The highest BCUT2D eigenvalue weighted by Crippen LogP contribution is 2.34. The first-order chi connectivity index (χ1) is 11.1. The maximum absolute atomic E-state index is 12.5. The molecule has 0 bridgehead atoms. The Bertz CT molecular complexity index is 530. The van der Waals surface area contributed by atoms with E-state index in [4.69, 9.17) is 9.47 Å². The second-order valence-corrected chi connectivity index (χ2v) is 6.75. The van der Waals surface area contributed by atoms with E-state index < -0.39 is 0 Å². The van der Waals surface area contributed by atoms with Gasteiger partial charge in [-0.25, -0.2) is 0 Å². The molecule has 1 N–H and O–H groups in total. The van der Waals surface area contributed by atoms with Crippen LogP contribution in [0.2, 0.25) is 0 Å². The van der Waals surface area contributed by atoms with Gasteiger partial charge < -0.3 is 19.7 Å². The van der Waals surface area contributed by atoms with E-state index in [0.717, 1.165) is 44.6 Å². The van der Waals surface area contributed by atoms with Gasteiger partial charge in [0.25, 0.3) is 5.91 Å². The fourth-order valence-corrected chi connectivity index (χ4v) is 3.42. The van der Waals surface area contributed by atoms with Crippen LogP contribution < -0.4 is 10.2 Å². The molecule has 0 saturated carbocycles. The van der Waals surface area contributed by atoms with E-state index in [-0.39, 0.29) is 17.6 Å². The fraction of sp³-hybridized carbons (Fsp3) is 0.611. The number of nitrogens with zero attached hydrogens (tertiary/aromatic N) is 1. The normalized spacial score (nSPS) is 23.5. The zero-order valence-electron chi connectivity index (χ0n) is 14.0. The third-order valence-electron chi connectivity index (χ3n) is 4.88. The predicted molar refractivity (Wildman–Crippen MR) is 90.0 cm³/mol. The minimum Gasteiger partial charge on any atom is -0.381 e. The van der Waals surface area contributed by atoms with Gasteiger partial charge in [0, 0.05) is 51.2 Å². The largest absolute Gasteiger partial charge is 0.381 e. The van der Waals surface area contributed by atoms with E-state index in [9.17, 15) is 4.79 Å². The molecule has 2 aliphatic heterocycles. The van der Waals surface area contributed by atoms with Crippen molar-refractivity contribution in [2.24, 2.45) is 0 Å². The summed E-state index contributed by atoms with van der Waals surface area (Å²) in [5.74, 6) is 0.00409. The zero-order valence-corrected chi connectivity index (χ0v) is 14.0. The molecule has 1 amide bonds. The number of carbonyl (C=O) groups excluding carboxylic acids is 1. The van der Waals surface area contributed by atoms with Gasteiger partial charge >= 0.3 is 0 Å². The summed E-state index contributed by atoms with van der Waals surface area (Å²) in [6.07, 6.45) is 3.62. The number of amides is 1. The van der Waals surface area contributed by atoms with Crippen LogP contribution in [0, 0.1) is 0 Å². The second kappa shape index (κ2) is 6.89. The van der Waals surface area contributed by atoms with Crippen molar-refractivity contribution in [1.82, 2.24) is 5.32 Å². The first-order valence-electron chi connectivity index (χ1n) is 8.38. The summed E-state index contributed by atoms with van der Waals surface area (Å²) in [4.78, 5) is 14.5. The molecule has 1 spiro atoms. The van der Waals surface area contributed by atoms with Crippen molar-refractivity contribution in [2.45, 2.75) is 37.3 Å². The summed E-state index contributed by atoms with van der Waals surface area (Å²) >= 11 is 0. The lowest BCUT2D eigenvalue weighted by Crippen LogP contribution is -2.51. The van der Waals surface area contributed by atoms with E-state index in [1.807, 2.05) is 43.3 Å². The van der Waals surface area contributed by atoms with Crippen LogP contribution in [0.15, 0.2) is 24.3 Å². The molecule has 1 atom stereocenters. The van der Waals surface area contributed by atoms with Gasteiger partial charge in [-0.1, -0.05) is 0 Å². The number of hydrogen-bond acceptors (Lipinski definition) is 4. The third kappa shape index (κ3) is 3.85. The molecule has 2 saturated heterocycles. The standard InChI is InChI=1S/C18H26N2O3/c1-20(2)16-5-3-14(4-6-16)17(21)19-15-7-10-23-18(13-15)8-11-22-12-9-18/h3-6,15H,7-13H2,1-2H3,(H,19,21)/t15-/m1/s1. The lowest BCUT2D eigenvalue weighted by atomic mass is 9.84. The number of rotatable bonds is 3. The van der Waals surface area contributed by atoms with E-state index in [1.165, 1.54) is 0 Å². The quantitative estimate of drug-likeness (QED) is 0.928. The van der Waals surface area contributed by atoms with E-state index in [1.54, 1.807) is 0 Å². The lowest BCUT2D eigenvalue weighted by Gasteiger charge is -2.43. The van der Waals surface area contributed by atoms with Gasteiger partial charge in [0.15, 0.2) is 0 Å². The molecule has 5 heteroatoms. The molecule has 2 aliphatic rings. The first-order valence-corrected chi connectivity index (χ1v) is 8.38. The Morgan fingerprint density at radius 3 is 2.52 bits per heavy atom. The van der Waals surface area contributed by atoms with Crippen molar-refractivity contribution >= 4 is 11.6 Å². The maximum atomic E-state index is 12.5. The summed E-state index contributed by atoms with van der Waals surface area (Å²) in [6, 6.07) is 7.89. The minimum absolute atomic E-state index is 0.00409. The molecule has 1 aromatic carbocycles. The Labute approximate surface area is 137 Å². The zero-order chi connectivity index (χ0) is 16.3. The Hall–Kier alpha value is -1.59. The molecule has 0 aromatic heterocycles. The van der Waals surface area contributed by atoms with Gasteiger partial charge in [0.1, 0.15) is 0 Å². The van der Waals surface area contributed by atoms with Crippen LogP contribution in [0.3, 0.4) is 0 Å². The summed E-state index contributed by atoms with van der Waals surface area (Å²) in [6.45, 7) is 2.23. The summed E-state index contributed by atoms with van der Waals surface area (Å²) < 4.78 is 11.5. The molecule has 1 aromatic rings. The monoisotopic (exact) mass is 318 g/mol. The van der Waals surface area contributed by atoms with Crippen LogP contribution in [0.1, 0.15) is 36.0 Å². The van der Waals surface area contributed by atoms with Crippen LogP contribution in [0.5, 0.6) is 0 Å². The average molecular weight is 318 g/mol. The van der Waals surface area contributed by atoms with Crippen molar-refractivity contribution in [3.05, 3.63) is 29.8 Å². The van der Waals surface area contributed by atoms with Crippen LogP contribution >= 0.6 is 0 Å². The Morgan fingerprint density at radius 1 is 1.17 bits per heavy atom. The molecule has 0 radical (unpaired) electrons. The highest BCUT2D eigenvalue weighted by Gasteiger charge is 2.39. The molecule has 23 heavy (non-hydrogen) atoms. The number of nitrogens with one attached hydrogen (secondary N) is 1. The van der Waals surface area contributed by atoms with Gasteiger partial charge in [-0.3, -0.25) is 4.79 Å². The van der Waals surface area contributed by atoms with Gasteiger partial charge in [-0.15, -0.1) is 0 Å². The minimum atomic E-state index is -0.0940. The molecule has 0 unspecified atom stereocenters. The molecule has 0 aliphatic carbocycles. The van der Waals surface area contributed by atoms with Crippen molar-refractivity contribution in [3.63, 3.8) is 0 Å². The van der Waals surface area contributed by atoms with Crippen molar-refractivity contribution in [3.8, 4) is 0 Å². The second-order valence-electron chi connectivity index (χ2n) is 6.75. The molecule has 2 heterocycles. The Kier molecular flexibility index (Phi) is 4.87. The molecule has 3 rings (SSSR count). The summed E-state index contributed by atoms with van der Waals surface area (Å²) in [5.41, 5.74) is 1.71. The van der Waals surface area contributed by atoms with E-state index in [0.29, 0.717) is 12.2 Å².